The van der Waals surface area contributed by atoms with E-state index in [1.165, 1.54) is 0 Å². The van der Waals surface area contributed by atoms with Crippen LogP contribution >= 0.6 is 0 Å². The van der Waals surface area contributed by atoms with Gasteiger partial charge in [0.05, 0.1) is 0 Å². The lowest BCUT2D eigenvalue weighted by Gasteiger charge is -2.33. The van der Waals surface area contributed by atoms with Gasteiger partial charge in [-0.1, -0.05) is 13.3 Å². The van der Waals surface area contributed by atoms with E-state index in [9.17, 15) is 9.59 Å². The molecule has 2 saturated heterocycles. The number of carbonyl (C=O) groups excluding carboxylic acids is 2. The van der Waals surface area contributed by atoms with E-state index in [1.54, 1.807) is 6.92 Å². The Balaban J connectivity index is 2.34. The predicted octanol–water partition coefficient (Wildman–Crippen LogP) is -0.175. The minimum absolute atomic E-state index is 0.256. The maximum absolute atomic E-state index is 11.2. The second-order valence-electron chi connectivity index (χ2n) is 3.94. The van der Waals surface area contributed by atoms with Crippen molar-refractivity contribution in [3.8, 4) is 0 Å². The predicted molar refractivity (Wildman–Crippen MR) is 49.4 cm³/mol. The zero-order chi connectivity index (χ0) is 10.4. The molecule has 0 radical (unpaired) electrons. The Morgan fingerprint density at radius 1 is 1.07 bits per heavy atom. The minimum Gasteiger partial charge on any atom is -0.312 e. The number of amides is 4. The number of rotatable bonds is 2. The Kier molecular flexibility index (Phi) is 1.64. The van der Waals surface area contributed by atoms with Crippen molar-refractivity contribution in [1.82, 2.24) is 21.3 Å². The molecule has 0 aliphatic carbocycles. The van der Waals surface area contributed by atoms with Crippen LogP contribution in [0.2, 0.25) is 0 Å². The monoisotopic (exact) mass is 198 g/mol. The third kappa shape index (κ3) is 0.964. The molecule has 4 amide bonds. The number of fused-ring (bicyclic) bond motifs is 1. The fourth-order valence-electron chi connectivity index (χ4n) is 2.18. The van der Waals surface area contributed by atoms with E-state index in [0.717, 1.165) is 6.42 Å². The van der Waals surface area contributed by atoms with Crippen LogP contribution in [0.5, 0.6) is 0 Å². The van der Waals surface area contributed by atoms with Crippen molar-refractivity contribution in [2.24, 2.45) is 0 Å². The van der Waals surface area contributed by atoms with Gasteiger partial charge in [-0.05, 0) is 13.3 Å². The molecule has 2 aliphatic heterocycles. The lowest BCUT2D eigenvalue weighted by molar-refractivity contribution is 0.208. The fourth-order valence-corrected chi connectivity index (χ4v) is 2.18. The van der Waals surface area contributed by atoms with Crippen LogP contribution in [0.25, 0.3) is 0 Å². The molecule has 0 aromatic heterocycles. The quantitative estimate of drug-likeness (QED) is 0.496. The van der Waals surface area contributed by atoms with E-state index in [2.05, 4.69) is 21.3 Å². The third-order valence-electron chi connectivity index (χ3n) is 2.86. The molecule has 2 heterocycles. The molecule has 0 aromatic rings. The van der Waals surface area contributed by atoms with Gasteiger partial charge in [0.15, 0.2) is 11.3 Å². The minimum atomic E-state index is -0.725. The first-order valence-corrected chi connectivity index (χ1v) is 4.72. The van der Waals surface area contributed by atoms with Gasteiger partial charge in [-0.3, -0.25) is 0 Å². The van der Waals surface area contributed by atoms with E-state index >= 15 is 0 Å². The average Bonchev–Trinajstić information content (AvgIpc) is 2.33. The van der Waals surface area contributed by atoms with Gasteiger partial charge in [-0.25, -0.2) is 9.59 Å². The Morgan fingerprint density at radius 3 is 2.00 bits per heavy atom. The Morgan fingerprint density at radius 2 is 1.57 bits per heavy atom. The zero-order valence-electron chi connectivity index (χ0n) is 8.23. The normalized spacial score (nSPS) is 39.6. The summed E-state index contributed by atoms with van der Waals surface area (Å²) in [6.45, 7) is 3.79. The number of hydrogen-bond donors (Lipinski definition) is 4. The van der Waals surface area contributed by atoms with Crippen LogP contribution in [-0.4, -0.2) is 23.4 Å². The molecular weight excluding hydrogens is 184 g/mol. The van der Waals surface area contributed by atoms with Crippen molar-refractivity contribution < 1.29 is 9.59 Å². The molecule has 0 spiro atoms. The van der Waals surface area contributed by atoms with Crippen LogP contribution in [0.15, 0.2) is 0 Å². The van der Waals surface area contributed by atoms with Crippen LogP contribution in [0.3, 0.4) is 0 Å². The van der Waals surface area contributed by atoms with Crippen LogP contribution in [0.1, 0.15) is 26.7 Å². The molecule has 6 nitrogen and oxygen atoms in total. The van der Waals surface area contributed by atoms with Crippen LogP contribution in [-0.2, 0) is 0 Å². The van der Waals surface area contributed by atoms with Gasteiger partial charge < -0.3 is 21.3 Å². The number of hydrogen-bond acceptors (Lipinski definition) is 2. The molecule has 0 atom stereocenters. The second-order valence-corrected chi connectivity index (χ2v) is 3.94. The maximum atomic E-state index is 11.2. The summed E-state index contributed by atoms with van der Waals surface area (Å²) < 4.78 is 0. The summed E-state index contributed by atoms with van der Waals surface area (Å²) in [7, 11) is 0. The van der Waals surface area contributed by atoms with Gasteiger partial charge in [0.25, 0.3) is 0 Å². The van der Waals surface area contributed by atoms with E-state index in [0.29, 0.717) is 6.42 Å². The smallest absolute Gasteiger partial charge is 0.312 e. The Bertz CT molecular complexity index is 282. The Labute approximate surface area is 81.8 Å². The highest BCUT2D eigenvalue weighted by molar-refractivity contribution is 5.87. The second kappa shape index (κ2) is 2.52. The van der Waals surface area contributed by atoms with E-state index < -0.39 is 11.3 Å². The average molecular weight is 198 g/mol. The van der Waals surface area contributed by atoms with Crippen LogP contribution in [0, 0.1) is 0 Å². The summed E-state index contributed by atoms with van der Waals surface area (Å²) in [6, 6.07) is -0.512. The first kappa shape index (κ1) is 9.11. The van der Waals surface area contributed by atoms with Gasteiger partial charge in [0.2, 0.25) is 0 Å². The summed E-state index contributed by atoms with van der Waals surface area (Å²) >= 11 is 0. The summed E-state index contributed by atoms with van der Waals surface area (Å²) in [5.41, 5.74) is -1.41. The fraction of sp³-hybridized carbons (Fsp3) is 0.750. The first-order valence-electron chi connectivity index (χ1n) is 4.72. The zero-order valence-corrected chi connectivity index (χ0v) is 8.23. The maximum Gasteiger partial charge on any atom is 0.318 e. The molecular formula is C8H14N4O2. The molecule has 0 bridgehead atoms. The van der Waals surface area contributed by atoms with Crippen molar-refractivity contribution in [3.05, 3.63) is 0 Å². The molecule has 0 unspecified atom stereocenters. The van der Waals surface area contributed by atoms with E-state index in [-0.39, 0.29) is 12.1 Å². The topological polar surface area (TPSA) is 82.3 Å². The molecule has 4 N–H and O–H groups in total. The molecule has 0 aromatic carbocycles. The molecule has 2 rings (SSSR count). The van der Waals surface area contributed by atoms with Gasteiger partial charge in [-0.15, -0.1) is 0 Å². The van der Waals surface area contributed by atoms with Crippen molar-refractivity contribution >= 4 is 12.1 Å². The molecule has 78 valence electrons. The van der Waals surface area contributed by atoms with Crippen molar-refractivity contribution in [3.63, 3.8) is 0 Å². The van der Waals surface area contributed by atoms with Crippen molar-refractivity contribution in [2.75, 3.05) is 0 Å². The summed E-state index contributed by atoms with van der Waals surface area (Å²) in [5, 5.41) is 10.9. The highest BCUT2D eigenvalue weighted by atomic mass is 16.2. The molecule has 2 aliphatic rings. The highest BCUT2D eigenvalue weighted by Gasteiger charge is 2.61. The van der Waals surface area contributed by atoms with E-state index in [4.69, 9.17) is 0 Å². The van der Waals surface area contributed by atoms with Crippen molar-refractivity contribution in [2.45, 2.75) is 38.0 Å². The van der Waals surface area contributed by atoms with Crippen LogP contribution in [0.4, 0.5) is 9.59 Å². The van der Waals surface area contributed by atoms with E-state index in [1.807, 2.05) is 6.92 Å². The lowest BCUT2D eigenvalue weighted by atomic mass is 9.93. The number of nitrogens with one attached hydrogen (secondary N) is 4. The third-order valence-corrected chi connectivity index (χ3v) is 2.86. The number of urea groups is 2. The highest BCUT2D eigenvalue weighted by Crippen LogP contribution is 2.30. The number of carbonyl (C=O) groups is 2. The molecule has 0 saturated carbocycles. The van der Waals surface area contributed by atoms with Crippen LogP contribution < -0.4 is 21.3 Å². The standard InChI is InChI=1S/C8H14N4O2/c1-3-4-8-7(2,9-5(13)11-8)10-6(14)12-8/h3-4H2,1-2H3,(H2,9,11,13)(H2,10,12,14). The van der Waals surface area contributed by atoms with Gasteiger partial charge in [0.1, 0.15) is 0 Å². The summed E-state index contributed by atoms with van der Waals surface area (Å²) in [6.07, 6.45) is 1.57. The Hall–Kier alpha value is -1.46. The first-order chi connectivity index (χ1) is 6.51. The van der Waals surface area contributed by atoms with Crippen molar-refractivity contribution in [1.29, 1.82) is 0 Å². The largest absolute Gasteiger partial charge is 0.318 e. The summed E-state index contributed by atoms with van der Waals surface area (Å²) in [5.74, 6) is 0. The van der Waals surface area contributed by atoms with Gasteiger partial charge in [-0.2, -0.15) is 0 Å². The molecule has 2 fully saturated rings. The van der Waals surface area contributed by atoms with Gasteiger partial charge in [0, 0.05) is 0 Å². The molecule has 14 heavy (non-hydrogen) atoms. The summed E-state index contributed by atoms with van der Waals surface area (Å²) in [4.78, 5) is 22.5. The lowest BCUT2D eigenvalue weighted by Crippen LogP contribution is -2.63. The van der Waals surface area contributed by atoms with Gasteiger partial charge >= 0.3 is 12.1 Å². The SMILES string of the molecule is CCCC12NC(=O)NC1(C)NC(=O)N2. The molecule has 6 heteroatoms.